The number of methoxy groups -OCH3 is 1. The van der Waals surface area contributed by atoms with E-state index in [0.29, 0.717) is 0 Å². The molecule has 0 aromatic carbocycles. The lowest BCUT2D eigenvalue weighted by atomic mass is 10.4. The zero-order chi connectivity index (χ0) is 11.0. The fourth-order valence-corrected chi connectivity index (χ4v) is 1.20. The van der Waals surface area contributed by atoms with Crippen LogP contribution in [-0.4, -0.2) is 27.0 Å². The van der Waals surface area contributed by atoms with Gasteiger partial charge in [0.05, 0.1) is 7.11 Å². The molecule has 0 unspecified atom stereocenters. The molecule has 0 aliphatic rings. The molecule has 0 bridgehead atoms. The smallest absolute Gasteiger partial charge is 0.348 e. The first-order valence-electron chi connectivity index (χ1n) is 3.92. The Kier molecular flexibility index (Phi) is 1.89. The summed E-state index contributed by atoms with van der Waals surface area (Å²) >= 11 is 0. The summed E-state index contributed by atoms with van der Waals surface area (Å²) in [5.41, 5.74) is -2.14. The van der Waals surface area contributed by atoms with Crippen LogP contribution in [0.15, 0.2) is 14.4 Å². The molecule has 78 valence electrons. The minimum absolute atomic E-state index is 0.0610. The Morgan fingerprint density at radius 1 is 1.07 bits per heavy atom. The number of fused-ring (bicyclic) bond motifs is 1. The number of ether oxygens (including phenoxy) is 1. The number of H-pyrrole nitrogens is 3. The topological polar surface area (TPSA) is 121 Å². The molecule has 0 radical (unpaired) electrons. The van der Waals surface area contributed by atoms with E-state index in [1.165, 1.54) is 7.11 Å². The Balaban J connectivity index is 3.10. The van der Waals surface area contributed by atoms with Crippen LogP contribution in [0.5, 0.6) is 5.88 Å². The molecular formula is C7H6N4O4. The Morgan fingerprint density at radius 3 is 2.47 bits per heavy atom. The molecule has 0 aliphatic heterocycles. The monoisotopic (exact) mass is 210 g/mol. The average molecular weight is 210 g/mol. The van der Waals surface area contributed by atoms with Gasteiger partial charge in [0.15, 0.2) is 0 Å². The van der Waals surface area contributed by atoms with Crippen LogP contribution in [0, 0.1) is 0 Å². The van der Waals surface area contributed by atoms with Gasteiger partial charge in [-0.3, -0.25) is 14.8 Å². The van der Waals surface area contributed by atoms with Crippen LogP contribution >= 0.6 is 0 Å². The van der Waals surface area contributed by atoms with E-state index in [9.17, 15) is 14.4 Å². The zero-order valence-electron chi connectivity index (χ0n) is 7.58. The van der Waals surface area contributed by atoms with Gasteiger partial charge in [-0.2, -0.15) is 4.98 Å². The van der Waals surface area contributed by atoms with Crippen molar-refractivity contribution in [1.82, 2.24) is 19.9 Å². The predicted molar refractivity (Wildman–Crippen MR) is 50.2 cm³/mol. The van der Waals surface area contributed by atoms with Crippen molar-refractivity contribution in [1.29, 1.82) is 0 Å². The number of rotatable bonds is 1. The summed E-state index contributed by atoms with van der Waals surface area (Å²) < 4.78 is 4.76. The number of nitrogens with zero attached hydrogens (tertiary/aromatic N) is 1. The second-order valence-electron chi connectivity index (χ2n) is 2.71. The first kappa shape index (κ1) is 9.19. The van der Waals surface area contributed by atoms with Crippen molar-refractivity contribution >= 4 is 11.0 Å². The third-order valence-corrected chi connectivity index (χ3v) is 1.78. The van der Waals surface area contributed by atoms with E-state index in [0.717, 1.165) is 0 Å². The molecular weight excluding hydrogens is 204 g/mol. The summed E-state index contributed by atoms with van der Waals surface area (Å²) in [4.78, 5) is 43.2. The van der Waals surface area contributed by atoms with Gasteiger partial charge < -0.3 is 9.72 Å². The Morgan fingerprint density at radius 2 is 1.80 bits per heavy atom. The van der Waals surface area contributed by atoms with Gasteiger partial charge in [-0.05, 0) is 0 Å². The molecule has 0 spiro atoms. The Labute approximate surface area is 81.0 Å². The average Bonchev–Trinajstić information content (AvgIpc) is 2.18. The van der Waals surface area contributed by atoms with Gasteiger partial charge in [0.25, 0.3) is 5.56 Å². The lowest BCUT2D eigenvalue weighted by Crippen LogP contribution is -2.26. The van der Waals surface area contributed by atoms with E-state index in [1.807, 2.05) is 4.98 Å². The Hall–Kier alpha value is -2.38. The summed E-state index contributed by atoms with van der Waals surface area (Å²) in [5, 5.41) is 0. The van der Waals surface area contributed by atoms with Crippen molar-refractivity contribution in [2.45, 2.75) is 0 Å². The summed E-state index contributed by atoms with van der Waals surface area (Å²) in [6, 6.07) is 0. The highest BCUT2D eigenvalue weighted by Gasteiger charge is 2.09. The number of hydrogen-bond donors (Lipinski definition) is 3. The van der Waals surface area contributed by atoms with Crippen LogP contribution in [0.25, 0.3) is 11.0 Å². The molecule has 0 fully saturated rings. The number of nitrogens with one attached hydrogen (secondary N) is 3. The summed E-state index contributed by atoms with van der Waals surface area (Å²) in [6.07, 6.45) is 0. The van der Waals surface area contributed by atoms with E-state index >= 15 is 0 Å². The van der Waals surface area contributed by atoms with Crippen LogP contribution < -0.4 is 21.7 Å². The maximum absolute atomic E-state index is 11.3. The van der Waals surface area contributed by atoms with Gasteiger partial charge in [-0.15, -0.1) is 0 Å². The minimum atomic E-state index is -0.725. The molecule has 0 atom stereocenters. The lowest BCUT2D eigenvalue weighted by Gasteiger charge is -2.00. The third kappa shape index (κ3) is 1.41. The normalized spacial score (nSPS) is 10.5. The van der Waals surface area contributed by atoms with E-state index in [1.54, 1.807) is 0 Å². The van der Waals surface area contributed by atoms with Gasteiger partial charge >= 0.3 is 11.4 Å². The molecule has 15 heavy (non-hydrogen) atoms. The molecule has 0 amide bonds. The molecule has 8 nitrogen and oxygen atoms in total. The maximum atomic E-state index is 11.3. The van der Waals surface area contributed by atoms with Crippen molar-refractivity contribution in [2.75, 3.05) is 7.11 Å². The summed E-state index contributed by atoms with van der Waals surface area (Å²) in [5.74, 6) is -0.100. The molecule has 3 N–H and O–H groups in total. The van der Waals surface area contributed by atoms with E-state index in [4.69, 9.17) is 4.74 Å². The summed E-state index contributed by atoms with van der Waals surface area (Å²) in [6.45, 7) is 0. The van der Waals surface area contributed by atoms with Crippen LogP contribution in [0.4, 0.5) is 0 Å². The lowest BCUT2D eigenvalue weighted by molar-refractivity contribution is 0.400. The molecule has 8 heteroatoms. The number of aromatic amines is 3. The third-order valence-electron chi connectivity index (χ3n) is 1.78. The van der Waals surface area contributed by atoms with Crippen LogP contribution in [0.2, 0.25) is 0 Å². The highest BCUT2D eigenvalue weighted by molar-refractivity contribution is 5.77. The molecule has 2 rings (SSSR count). The van der Waals surface area contributed by atoms with Gasteiger partial charge in [0.1, 0.15) is 11.0 Å². The van der Waals surface area contributed by atoms with E-state index in [-0.39, 0.29) is 16.9 Å². The van der Waals surface area contributed by atoms with E-state index in [2.05, 4.69) is 15.0 Å². The minimum Gasteiger partial charge on any atom is -0.479 e. The Bertz CT molecular complexity index is 680. The first-order chi connectivity index (χ1) is 7.11. The van der Waals surface area contributed by atoms with Gasteiger partial charge in [-0.25, -0.2) is 9.59 Å². The largest absolute Gasteiger partial charge is 0.479 e. The van der Waals surface area contributed by atoms with Gasteiger partial charge in [-0.1, -0.05) is 0 Å². The SMILES string of the molecule is COc1nc(=O)[nH]c2c(=O)[nH]c(=O)[nH]c12. The van der Waals surface area contributed by atoms with Crippen LogP contribution in [0.3, 0.4) is 0 Å². The van der Waals surface area contributed by atoms with Crippen molar-refractivity contribution in [3.05, 3.63) is 31.3 Å². The second-order valence-corrected chi connectivity index (χ2v) is 2.71. The molecule has 0 saturated heterocycles. The van der Waals surface area contributed by atoms with Crippen molar-refractivity contribution in [3.63, 3.8) is 0 Å². The van der Waals surface area contributed by atoms with Crippen molar-refractivity contribution in [3.8, 4) is 5.88 Å². The number of aromatic nitrogens is 4. The fourth-order valence-electron chi connectivity index (χ4n) is 1.20. The van der Waals surface area contributed by atoms with E-state index < -0.39 is 16.9 Å². The second kappa shape index (κ2) is 3.08. The predicted octanol–water partition coefficient (Wildman–Crippen LogP) is -1.69. The fraction of sp³-hybridized carbons (Fsp3) is 0.143. The van der Waals surface area contributed by atoms with Crippen molar-refractivity contribution in [2.24, 2.45) is 0 Å². The van der Waals surface area contributed by atoms with Crippen molar-refractivity contribution < 1.29 is 4.74 Å². The van der Waals surface area contributed by atoms with Crippen LogP contribution in [0.1, 0.15) is 0 Å². The maximum Gasteiger partial charge on any atom is 0.348 e. The van der Waals surface area contributed by atoms with Gasteiger partial charge in [0, 0.05) is 0 Å². The first-order valence-corrected chi connectivity index (χ1v) is 3.92. The standard InChI is InChI=1S/C7H6N4O4/c1-15-5-3-2(8-7(14)11-5)4(12)10-6(13)9-3/h1H3,(H,8,11,14)(H2,9,10,12,13). The summed E-state index contributed by atoms with van der Waals surface area (Å²) in [7, 11) is 1.28. The number of hydrogen-bond acceptors (Lipinski definition) is 5. The molecule has 2 aromatic heterocycles. The molecule has 0 saturated carbocycles. The van der Waals surface area contributed by atoms with Gasteiger partial charge in [0.2, 0.25) is 5.88 Å². The highest BCUT2D eigenvalue weighted by atomic mass is 16.5. The quantitative estimate of drug-likeness (QED) is 0.518. The molecule has 0 aliphatic carbocycles. The molecule has 2 heterocycles. The molecule has 2 aromatic rings. The van der Waals surface area contributed by atoms with Crippen LogP contribution in [-0.2, 0) is 0 Å². The highest BCUT2D eigenvalue weighted by Crippen LogP contribution is 2.11. The zero-order valence-corrected chi connectivity index (χ0v) is 7.58.